The molecule has 0 saturated carbocycles. The summed E-state index contributed by atoms with van der Waals surface area (Å²) in [6.45, 7) is 9.08. The van der Waals surface area contributed by atoms with Crippen LogP contribution in [0.15, 0.2) is 25.3 Å². The Hall–Kier alpha value is -0.890. The van der Waals surface area contributed by atoms with E-state index in [1.54, 1.807) is 6.08 Å². The van der Waals surface area contributed by atoms with Crippen molar-refractivity contribution in [3.63, 3.8) is 0 Å². The molecule has 0 spiro atoms. The second-order valence-electron chi connectivity index (χ2n) is 1.84. The third-order valence-electron chi connectivity index (χ3n) is 1.02. The van der Waals surface area contributed by atoms with Crippen molar-refractivity contribution in [1.82, 2.24) is 5.32 Å². The number of nitrogens with one attached hydrogen (secondary N) is 1. The maximum absolute atomic E-state index is 10.7. The molecule has 0 aliphatic heterocycles. The van der Waals surface area contributed by atoms with Gasteiger partial charge in [0, 0.05) is 6.54 Å². The van der Waals surface area contributed by atoms with Crippen molar-refractivity contribution in [2.24, 2.45) is 0 Å². The van der Waals surface area contributed by atoms with Crippen LogP contribution in [0.4, 0.5) is 0 Å². The van der Waals surface area contributed by atoms with E-state index in [0.717, 1.165) is 0 Å². The summed E-state index contributed by atoms with van der Waals surface area (Å²) in [6.07, 6.45) is 3.19. The molecule has 10 heavy (non-hydrogen) atoms. The lowest BCUT2D eigenvalue weighted by Gasteiger charge is -2.06. The first kappa shape index (κ1) is 9.11. The summed E-state index contributed by atoms with van der Waals surface area (Å²) in [6, 6.07) is 0.542. The molecule has 0 rings (SSSR count). The summed E-state index contributed by atoms with van der Waals surface area (Å²) in [7, 11) is 0. The molecule has 0 amide bonds. The van der Waals surface area contributed by atoms with Gasteiger partial charge in [-0.15, -0.1) is 13.2 Å². The van der Waals surface area contributed by atoms with Gasteiger partial charge in [-0.05, 0) is 6.92 Å². The van der Waals surface area contributed by atoms with E-state index in [-0.39, 0.29) is 5.78 Å². The fraction of sp³-hybridized carbons (Fsp3) is 0.250. The predicted molar refractivity (Wildman–Crippen MR) is 42.3 cm³/mol. The molecule has 0 aromatic heterocycles. The Morgan fingerprint density at radius 3 is 2.50 bits per heavy atom. The Labute approximate surface area is 61.6 Å². The Morgan fingerprint density at radius 1 is 1.60 bits per heavy atom. The third kappa shape index (κ3) is 3.20. The average molecular weight is 138 g/mol. The van der Waals surface area contributed by atoms with Crippen LogP contribution in [0.2, 0.25) is 0 Å². The molecule has 0 fully saturated rings. The van der Waals surface area contributed by atoms with Crippen molar-refractivity contribution in [1.29, 1.82) is 0 Å². The van der Waals surface area contributed by atoms with Gasteiger partial charge < -0.3 is 0 Å². The number of hydrogen-bond donors (Lipinski definition) is 1. The summed E-state index contributed by atoms with van der Waals surface area (Å²) in [5.41, 5.74) is 0. The first-order valence-corrected chi connectivity index (χ1v) is 3.07. The van der Waals surface area contributed by atoms with E-state index in [9.17, 15) is 4.79 Å². The summed E-state index contributed by atoms with van der Waals surface area (Å²) in [4.78, 5) is 10.7. The van der Waals surface area contributed by atoms with E-state index in [0.29, 0.717) is 12.6 Å². The molecule has 0 aliphatic rings. The highest BCUT2D eigenvalue weighted by atomic mass is 16.1. The zero-order valence-corrected chi connectivity index (χ0v) is 6.18. The van der Waals surface area contributed by atoms with Crippen molar-refractivity contribution >= 4 is 5.78 Å². The van der Waals surface area contributed by atoms with E-state index in [1.165, 1.54) is 13.0 Å². The van der Waals surface area contributed by atoms with Gasteiger partial charge in [0.1, 0.15) is 6.04 Å². The zero-order chi connectivity index (χ0) is 7.98. The van der Waals surface area contributed by atoms with Crippen LogP contribution in [0, 0.1) is 6.04 Å². The number of carbonyl (C=O) groups is 1. The largest absolute Gasteiger partial charge is 0.297 e. The lowest BCUT2D eigenvalue weighted by atomic mass is 10.2. The number of carbonyl (C=O) groups excluding carboxylic acids is 1. The predicted octanol–water partition coefficient (Wildman–Crippen LogP) is 1.07. The zero-order valence-electron chi connectivity index (χ0n) is 6.18. The number of hydrogen-bond acceptors (Lipinski definition) is 2. The fourth-order valence-electron chi connectivity index (χ4n) is 0.522. The quantitative estimate of drug-likeness (QED) is 0.576. The molecule has 0 aliphatic carbocycles. The van der Waals surface area contributed by atoms with Gasteiger partial charge in [-0.3, -0.25) is 10.1 Å². The van der Waals surface area contributed by atoms with Gasteiger partial charge in [0.05, 0.1) is 0 Å². The van der Waals surface area contributed by atoms with Gasteiger partial charge in [0.15, 0.2) is 5.78 Å². The van der Waals surface area contributed by atoms with Crippen LogP contribution in [0.3, 0.4) is 0 Å². The van der Waals surface area contributed by atoms with Crippen molar-refractivity contribution in [2.75, 3.05) is 6.54 Å². The Kier molecular flexibility index (Phi) is 4.50. The third-order valence-corrected chi connectivity index (χ3v) is 1.02. The molecule has 0 heterocycles. The highest BCUT2D eigenvalue weighted by Crippen LogP contribution is 1.95. The summed E-state index contributed by atoms with van der Waals surface area (Å²) in [5, 5.41) is 2.85. The van der Waals surface area contributed by atoms with E-state index in [1.807, 2.05) is 0 Å². The molecule has 0 saturated heterocycles. The molecular weight excluding hydrogens is 126 g/mol. The van der Waals surface area contributed by atoms with Gasteiger partial charge >= 0.3 is 0 Å². The second kappa shape index (κ2) is 4.94. The normalized spacial score (nSPS) is 9.40. The van der Waals surface area contributed by atoms with Gasteiger partial charge in [-0.2, -0.15) is 0 Å². The van der Waals surface area contributed by atoms with Crippen LogP contribution < -0.4 is 5.32 Å². The Morgan fingerprint density at radius 2 is 2.20 bits per heavy atom. The van der Waals surface area contributed by atoms with Gasteiger partial charge in [0.2, 0.25) is 0 Å². The van der Waals surface area contributed by atoms with Crippen LogP contribution >= 0.6 is 0 Å². The number of rotatable bonds is 5. The molecule has 0 bridgehead atoms. The van der Waals surface area contributed by atoms with Crippen LogP contribution in [-0.4, -0.2) is 12.3 Å². The summed E-state index contributed by atoms with van der Waals surface area (Å²) >= 11 is 0. The van der Waals surface area contributed by atoms with Crippen LogP contribution in [-0.2, 0) is 4.79 Å². The minimum Gasteiger partial charge on any atom is -0.297 e. The van der Waals surface area contributed by atoms with Crippen molar-refractivity contribution in [2.45, 2.75) is 6.92 Å². The minimum atomic E-state index is -0.00292. The first-order chi connectivity index (χ1) is 4.72. The Bertz CT molecular complexity index is 140. The molecule has 2 nitrogen and oxygen atoms in total. The van der Waals surface area contributed by atoms with Crippen LogP contribution in [0.5, 0.6) is 0 Å². The van der Waals surface area contributed by atoms with E-state index >= 15 is 0 Å². The molecule has 0 aromatic carbocycles. The molecule has 0 atom stereocenters. The van der Waals surface area contributed by atoms with Gasteiger partial charge in [0.25, 0.3) is 0 Å². The van der Waals surface area contributed by atoms with Crippen molar-refractivity contribution in [3.8, 4) is 0 Å². The summed E-state index contributed by atoms with van der Waals surface area (Å²) in [5.74, 6) is -0.00292. The maximum atomic E-state index is 10.7. The minimum absolute atomic E-state index is 0.00292. The SMILES string of the molecule is C=CCN[C](C=C)C(C)=O. The average Bonchev–Trinajstić information content (AvgIpc) is 1.89. The molecule has 2 heteroatoms. The van der Waals surface area contributed by atoms with E-state index < -0.39 is 0 Å². The van der Waals surface area contributed by atoms with Crippen molar-refractivity contribution < 1.29 is 4.79 Å². The lowest BCUT2D eigenvalue weighted by molar-refractivity contribution is -0.115. The molecule has 55 valence electrons. The first-order valence-electron chi connectivity index (χ1n) is 3.07. The van der Waals surface area contributed by atoms with Crippen LogP contribution in [0.1, 0.15) is 6.92 Å². The second-order valence-corrected chi connectivity index (χ2v) is 1.84. The monoisotopic (exact) mass is 138 g/mol. The number of ketones is 1. The molecule has 0 unspecified atom stereocenters. The standard InChI is InChI=1S/C8H12NO/c1-4-6-9-8(5-2)7(3)10/h4-5,9H,1-2,6H2,3H3. The van der Waals surface area contributed by atoms with Gasteiger partial charge in [-0.1, -0.05) is 12.2 Å². The van der Waals surface area contributed by atoms with Crippen molar-refractivity contribution in [3.05, 3.63) is 31.4 Å². The molecule has 0 aromatic rings. The number of Topliss-reactive ketones (excluding diaryl/α,β-unsaturated/α-hetero) is 1. The van der Waals surface area contributed by atoms with Gasteiger partial charge in [-0.25, -0.2) is 0 Å². The summed E-state index contributed by atoms with van der Waals surface area (Å²) < 4.78 is 0. The smallest absolute Gasteiger partial charge is 0.156 e. The Balaban J connectivity index is 3.71. The molecule has 1 radical (unpaired) electrons. The highest BCUT2D eigenvalue weighted by Gasteiger charge is 2.07. The van der Waals surface area contributed by atoms with Crippen LogP contribution in [0.25, 0.3) is 0 Å². The molecular formula is C8H12NO. The fourth-order valence-corrected chi connectivity index (χ4v) is 0.522. The van der Waals surface area contributed by atoms with E-state index in [4.69, 9.17) is 0 Å². The maximum Gasteiger partial charge on any atom is 0.156 e. The highest BCUT2D eigenvalue weighted by molar-refractivity contribution is 5.91. The van der Waals surface area contributed by atoms with E-state index in [2.05, 4.69) is 18.5 Å². The molecule has 1 N–H and O–H groups in total. The topological polar surface area (TPSA) is 29.1 Å². The lowest BCUT2D eigenvalue weighted by Crippen LogP contribution is -2.24.